The molecule has 2 aromatic rings. The first-order chi connectivity index (χ1) is 13.5. The van der Waals surface area contributed by atoms with Gasteiger partial charge in [0.2, 0.25) is 5.91 Å². The molecule has 0 aromatic heterocycles. The van der Waals surface area contributed by atoms with Gasteiger partial charge in [-0.15, -0.1) is 0 Å². The van der Waals surface area contributed by atoms with E-state index in [2.05, 4.69) is 10.1 Å². The Kier molecular flexibility index (Phi) is 8.17. The number of carbonyl (C=O) groups is 3. The Morgan fingerprint density at radius 2 is 1.64 bits per heavy atom. The van der Waals surface area contributed by atoms with Crippen LogP contribution in [0.25, 0.3) is 0 Å². The number of carbonyl (C=O) groups excluding carboxylic acids is 3. The van der Waals surface area contributed by atoms with Crippen LogP contribution in [0.3, 0.4) is 0 Å². The van der Waals surface area contributed by atoms with Crippen molar-refractivity contribution in [2.75, 3.05) is 13.7 Å². The highest BCUT2D eigenvalue weighted by molar-refractivity contribution is 5.76. The number of hydrogen-bond donors (Lipinski definition) is 1. The maximum Gasteiger partial charge on any atom is 0.337 e. The number of amides is 1. The predicted molar refractivity (Wildman–Crippen MR) is 101 cm³/mol. The van der Waals surface area contributed by atoms with Gasteiger partial charge in [-0.2, -0.15) is 0 Å². The highest BCUT2D eigenvalue weighted by atomic mass is 16.6. The van der Waals surface area contributed by atoms with E-state index in [1.165, 1.54) is 14.0 Å². The van der Waals surface area contributed by atoms with Gasteiger partial charge in [0.25, 0.3) is 0 Å². The van der Waals surface area contributed by atoms with E-state index in [9.17, 15) is 14.4 Å². The Hall–Kier alpha value is -3.19. The molecule has 0 saturated heterocycles. The predicted octanol–water partition coefficient (Wildman–Crippen LogP) is 2.55. The summed E-state index contributed by atoms with van der Waals surface area (Å²) in [5.41, 5.74) is 1.66. The van der Waals surface area contributed by atoms with Crippen molar-refractivity contribution in [3.63, 3.8) is 0 Å². The number of rotatable bonds is 9. The number of nitrogens with one attached hydrogen (secondary N) is 1. The molecule has 2 aromatic carbocycles. The molecule has 1 atom stereocenters. The molecule has 1 amide bonds. The quantitative estimate of drug-likeness (QED) is 0.527. The first kappa shape index (κ1) is 21.1. The summed E-state index contributed by atoms with van der Waals surface area (Å²) in [6, 6.07) is 15.5. The smallest absolute Gasteiger partial charge is 0.337 e. The van der Waals surface area contributed by atoms with Crippen molar-refractivity contribution >= 4 is 17.8 Å². The minimum atomic E-state index is -0.524. The van der Waals surface area contributed by atoms with E-state index >= 15 is 0 Å². The molecule has 0 fully saturated rings. The van der Waals surface area contributed by atoms with Crippen LogP contribution in [0.1, 0.15) is 30.5 Å². The average molecular weight is 385 g/mol. The summed E-state index contributed by atoms with van der Waals surface area (Å²) in [4.78, 5) is 34.8. The Bertz CT molecular complexity index is 788. The van der Waals surface area contributed by atoms with Gasteiger partial charge in [-0.25, -0.2) is 4.79 Å². The van der Waals surface area contributed by atoms with Crippen LogP contribution in [0.2, 0.25) is 0 Å². The molecular weight excluding hydrogens is 362 g/mol. The van der Waals surface area contributed by atoms with Crippen molar-refractivity contribution in [3.8, 4) is 5.75 Å². The van der Waals surface area contributed by atoms with E-state index < -0.39 is 18.0 Å². The summed E-state index contributed by atoms with van der Waals surface area (Å²) in [5, 5.41) is 2.70. The summed E-state index contributed by atoms with van der Waals surface area (Å²) in [5.74, 6) is -0.877. The minimum absolute atomic E-state index is 0.00252. The average Bonchev–Trinajstić information content (AvgIpc) is 2.68. The van der Waals surface area contributed by atoms with E-state index in [0.717, 1.165) is 5.56 Å². The molecule has 28 heavy (non-hydrogen) atoms. The number of hydrogen-bond acceptors (Lipinski definition) is 6. The highest BCUT2D eigenvalue weighted by Crippen LogP contribution is 2.21. The van der Waals surface area contributed by atoms with Crippen molar-refractivity contribution in [2.24, 2.45) is 0 Å². The third-order valence-corrected chi connectivity index (χ3v) is 3.82. The van der Waals surface area contributed by atoms with Crippen LogP contribution in [-0.2, 0) is 30.5 Å². The Labute approximate surface area is 163 Å². The van der Waals surface area contributed by atoms with Crippen molar-refractivity contribution in [1.29, 1.82) is 0 Å². The van der Waals surface area contributed by atoms with Crippen LogP contribution < -0.4 is 10.1 Å². The monoisotopic (exact) mass is 385 g/mol. The standard InChI is InChI=1S/C21H23NO6/c1-15(23)22-19(12-20(24)26-2)17-8-10-18(11-9-17)28-21(25)14-27-13-16-6-4-3-5-7-16/h3-11,19H,12-14H2,1-2H3,(H,22,23). The lowest BCUT2D eigenvalue weighted by Crippen LogP contribution is -2.28. The van der Waals surface area contributed by atoms with Crippen LogP contribution in [0.4, 0.5) is 0 Å². The fourth-order valence-electron chi connectivity index (χ4n) is 2.50. The molecule has 0 aliphatic heterocycles. The molecule has 148 valence electrons. The van der Waals surface area contributed by atoms with E-state index in [-0.39, 0.29) is 18.9 Å². The first-order valence-electron chi connectivity index (χ1n) is 8.74. The van der Waals surface area contributed by atoms with Crippen LogP contribution in [0.5, 0.6) is 5.75 Å². The van der Waals surface area contributed by atoms with Crippen molar-refractivity contribution in [1.82, 2.24) is 5.32 Å². The highest BCUT2D eigenvalue weighted by Gasteiger charge is 2.18. The molecule has 7 nitrogen and oxygen atoms in total. The van der Waals surface area contributed by atoms with Gasteiger partial charge in [-0.05, 0) is 23.3 Å². The molecule has 0 aliphatic carbocycles. The van der Waals surface area contributed by atoms with E-state index in [1.807, 2.05) is 30.3 Å². The summed E-state index contributed by atoms with van der Waals surface area (Å²) in [7, 11) is 1.29. The fourth-order valence-corrected chi connectivity index (χ4v) is 2.50. The third-order valence-electron chi connectivity index (χ3n) is 3.82. The van der Waals surface area contributed by atoms with Crippen LogP contribution >= 0.6 is 0 Å². The van der Waals surface area contributed by atoms with Crippen LogP contribution in [0.15, 0.2) is 54.6 Å². The third kappa shape index (κ3) is 7.20. The van der Waals surface area contributed by atoms with Gasteiger partial charge in [0.05, 0.1) is 26.2 Å². The molecule has 0 spiro atoms. The molecule has 0 aliphatic rings. The Morgan fingerprint density at radius 3 is 2.25 bits per heavy atom. The van der Waals surface area contributed by atoms with Crippen molar-refractivity contribution < 1.29 is 28.6 Å². The molecule has 0 bridgehead atoms. The number of methoxy groups -OCH3 is 1. The number of benzene rings is 2. The lowest BCUT2D eigenvalue weighted by molar-refractivity contribution is -0.141. The van der Waals surface area contributed by atoms with Gasteiger partial charge in [-0.1, -0.05) is 42.5 Å². The van der Waals surface area contributed by atoms with Crippen molar-refractivity contribution in [2.45, 2.75) is 26.0 Å². The van der Waals surface area contributed by atoms with Gasteiger partial charge in [0.15, 0.2) is 0 Å². The SMILES string of the molecule is COC(=O)CC(NC(C)=O)c1ccc(OC(=O)COCc2ccccc2)cc1. The summed E-state index contributed by atoms with van der Waals surface area (Å²) < 4.78 is 15.2. The normalized spacial score (nSPS) is 11.4. The number of esters is 2. The maximum atomic E-state index is 11.9. The summed E-state index contributed by atoms with van der Waals surface area (Å²) in [6.07, 6.45) is 0.00252. The van der Waals surface area contributed by atoms with Gasteiger partial charge in [-0.3, -0.25) is 9.59 Å². The molecule has 7 heteroatoms. The largest absolute Gasteiger partial charge is 0.469 e. The van der Waals surface area contributed by atoms with Gasteiger partial charge >= 0.3 is 11.9 Å². The van der Waals surface area contributed by atoms with Crippen LogP contribution in [0, 0.1) is 0 Å². The van der Waals surface area contributed by atoms with E-state index in [0.29, 0.717) is 17.9 Å². The number of ether oxygens (including phenoxy) is 3. The second kappa shape index (κ2) is 10.8. The lowest BCUT2D eigenvalue weighted by Gasteiger charge is -2.17. The van der Waals surface area contributed by atoms with Crippen LogP contribution in [-0.4, -0.2) is 31.6 Å². The summed E-state index contributed by atoms with van der Waals surface area (Å²) >= 11 is 0. The molecular formula is C21H23NO6. The maximum absolute atomic E-state index is 11.9. The van der Waals surface area contributed by atoms with E-state index in [1.54, 1.807) is 24.3 Å². The Balaban J connectivity index is 1.88. The van der Waals surface area contributed by atoms with Gasteiger partial charge in [0.1, 0.15) is 12.4 Å². The first-order valence-corrected chi connectivity index (χ1v) is 8.74. The summed E-state index contributed by atoms with van der Waals surface area (Å²) in [6.45, 7) is 1.52. The van der Waals surface area contributed by atoms with Gasteiger partial charge in [0, 0.05) is 6.92 Å². The molecule has 2 rings (SSSR count). The second-order valence-electron chi connectivity index (χ2n) is 6.05. The zero-order valence-electron chi connectivity index (χ0n) is 15.8. The molecule has 1 unspecified atom stereocenters. The molecule has 1 N–H and O–H groups in total. The second-order valence-corrected chi connectivity index (χ2v) is 6.05. The lowest BCUT2D eigenvalue weighted by atomic mass is 10.0. The van der Waals surface area contributed by atoms with E-state index in [4.69, 9.17) is 9.47 Å². The van der Waals surface area contributed by atoms with Crippen molar-refractivity contribution in [3.05, 3.63) is 65.7 Å². The molecule has 0 saturated carbocycles. The zero-order chi connectivity index (χ0) is 20.4. The minimum Gasteiger partial charge on any atom is -0.469 e. The molecule has 0 radical (unpaired) electrons. The topological polar surface area (TPSA) is 90.9 Å². The zero-order valence-corrected chi connectivity index (χ0v) is 15.8. The Morgan fingerprint density at radius 1 is 0.964 bits per heavy atom. The van der Waals surface area contributed by atoms with Gasteiger partial charge < -0.3 is 19.5 Å². The fraction of sp³-hybridized carbons (Fsp3) is 0.286. The molecule has 0 heterocycles.